The normalized spacial score (nSPS) is 13.4. The minimum Gasteiger partial charge on any atom is -0.379 e. The van der Waals surface area contributed by atoms with E-state index in [1.54, 1.807) is 0 Å². The molecule has 0 unspecified atom stereocenters. The van der Waals surface area contributed by atoms with Gasteiger partial charge in [0.25, 0.3) is 11.8 Å². The van der Waals surface area contributed by atoms with Gasteiger partial charge in [-0.05, 0) is 12.8 Å². The summed E-state index contributed by atoms with van der Waals surface area (Å²) in [7, 11) is 0. The van der Waals surface area contributed by atoms with E-state index in [-0.39, 0.29) is 36.3 Å². The average Bonchev–Trinajstić information content (AvgIpc) is 3.06. The van der Waals surface area contributed by atoms with E-state index in [0.29, 0.717) is 78.5 Å². The molecule has 0 aromatic carbocycles. The lowest BCUT2D eigenvalue weighted by Crippen LogP contribution is -2.32. The van der Waals surface area contributed by atoms with E-state index < -0.39 is 0 Å². The van der Waals surface area contributed by atoms with Crippen LogP contribution in [0.3, 0.4) is 0 Å². The summed E-state index contributed by atoms with van der Waals surface area (Å²) in [5.74, 6) is -0.497. The SMILES string of the molecule is CCCC(=O)CCOCCOCCOCCOCCCC(=O)CCN1C(=O)C=CC1=O. The molecule has 1 aliphatic rings. The summed E-state index contributed by atoms with van der Waals surface area (Å²) in [6.45, 7) is 5.73. The molecule has 0 radical (unpaired) electrons. The molecule has 1 aliphatic heterocycles. The number of ether oxygens (including phenoxy) is 4. The van der Waals surface area contributed by atoms with Crippen LogP contribution in [0.1, 0.15) is 45.4 Å². The monoisotopic (exact) mass is 441 g/mol. The van der Waals surface area contributed by atoms with Crippen LogP contribution in [0.5, 0.6) is 0 Å². The Morgan fingerprint density at radius 2 is 1.16 bits per heavy atom. The summed E-state index contributed by atoms with van der Waals surface area (Å²) < 4.78 is 21.5. The number of carbonyl (C=O) groups is 4. The van der Waals surface area contributed by atoms with Gasteiger partial charge in [-0.25, -0.2) is 0 Å². The fraction of sp³-hybridized carbons (Fsp3) is 0.727. The predicted octanol–water partition coefficient (Wildman–Crippen LogP) is 1.48. The molecule has 0 bridgehead atoms. The van der Waals surface area contributed by atoms with Gasteiger partial charge in [0.2, 0.25) is 0 Å². The van der Waals surface area contributed by atoms with Gasteiger partial charge in [0.15, 0.2) is 0 Å². The van der Waals surface area contributed by atoms with E-state index in [9.17, 15) is 19.2 Å². The van der Waals surface area contributed by atoms with Crippen molar-refractivity contribution in [2.45, 2.75) is 45.4 Å². The lowest BCUT2D eigenvalue weighted by atomic mass is 10.1. The molecule has 9 heteroatoms. The second-order valence-corrected chi connectivity index (χ2v) is 7.04. The number of amides is 2. The molecular weight excluding hydrogens is 406 g/mol. The van der Waals surface area contributed by atoms with Gasteiger partial charge in [0.1, 0.15) is 11.6 Å². The minimum atomic E-state index is -0.365. The Morgan fingerprint density at radius 1 is 0.677 bits per heavy atom. The predicted molar refractivity (Wildman–Crippen MR) is 113 cm³/mol. The van der Waals surface area contributed by atoms with Gasteiger partial charge < -0.3 is 18.9 Å². The lowest BCUT2D eigenvalue weighted by molar-refractivity contribution is -0.137. The van der Waals surface area contributed by atoms with Crippen molar-refractivity contribution in [3.05, 3.63) is 12.2 Å². The molecular formula is C22H35NO8. The number of hydrogen-bond acceptors (Lipinski definition) is 8. The van der Waals surface area contributed by atoms with Crippen molar-refractivity contribution < 1.29 is 38.1 Å². The van der Waals surface area contributed by atoms with Crippen molar-refractivity contribution in [1.82, 2.24) is 4.90 Å². The van der Waals surface area contributed by atoms with E-state index in [1.807, 2.05) is 6.92 Å². The number of ketones is 2. The average molecular weight is 442 g/mol. The number of hydrogen-bond donors (Lipinski definition) is 0. The van der Waals surface area contributed by atoms with Crippen molar-refractivity contribution in [2.24, 2.45) is 0 Å². The number of rotatable bonds is 21. The van der Waals surface area contributed by atoms with Gasteiger partial charge in [0, 0.05) is 51.0 Å². The van der Waals surface area contributed by atoms with Gasteiger partial charge >= 0.3 is 0 Å². The van der Waals surface area contributed by atoms with E-state index in [0.717, 1.165) is 11.3 Å². The van der Waals surface area contributed by atoms with Crippen LogP contribution < -0.4 is 0 Å². The van der Waals surface area contributed by atoms with Crippen molar-refractivity contribution >= 4 is 23.4 Å². The summed E-state index contributed by atoms with van der Waals surface area (Å²) in [4.78, 5) is 46.9. The molecule has 0 aromatic heterocycles. The van der Waals surface area contributed by atoms with Gasteiger partial charge in [-0.3, -0.25) is 24.1 Å². The van der Waals surface area contributed by atoms with Gasteiger partial charge in [-0.15, -0.1) is 0 Å². The lowest BCUT2D eigenvalue weighted by Gasteiger charge is -2.12. The molecule has 1 heterocycles. The molecule has 0 saturated heterocycles. The highest BCUT2D eigenvalue weighted by Gasteiger charge is 2.23. The Hall–Kier alpha value is -1.94. The van der Waals surface area contributed by atoms with E-state index in [4.69, 9.17) is 18.9 Å². The quantitative estimate of drug-likeness (QED) is 0.195. The molecule has 0 atom stereocenters. The maximum atomic E-state index is 11.8. The van der Waals surface area contributed by atoms with Gasteiger partial charge in [0.05, 0.1) is 46.2 Å². The first-order valence-corrected chi connectivity index (χ1v) is 10.9. The molecule has 1 rings (SSSR count). The summed E-state index contributed by atoms with van der Waals surface area (Å²) in [6.07, 6.45) is 5.49. The fourth-order valence-electron chi connectivity index (χ4n) is 2.74. The highest BCUT2D eigenvalue weighted by Crippen LogP contribution is 2.06. The third-order valence-corrected chi connectivity index (χ3v) is 4.43. The highest BCUT2D eigenvalue weighted by atomic mass is 16.6. The van der Waals surface area contributed by atoms with Crippen molar-refractivity contribution in [2.75, 3.05) is 59.4 Å². The van der Waals surface area contributed by atoms with Crippen LogP contribution in [0.4, 0.5) is 0 Å². The smallest absolute Gasteiger partial charge is 0.253 e. The molecule has 0 saturated carbocycles. The summed E-state index contributed by atoms with van der Waals surface area (Å²) >= 11 is 0. The summed E-state index contributed by atoms with van der Waals surface area (Å²) in [5, 5.41) is 0. The van der Waals surface area contributed by atoms with Crippen LogP contribution in [0.15, 0.2) is 12.2 Å². The van der Waals surface area contributed by atoms with Crippen LogP contribution in [0.2, 0.25) is 0 Å². The van der Waals surface area contributed by atoms with E-state index in [2.05, 4.69) is 0 Å². The molecule has 2 amide bonds. The van der Waals surface area contributed by atoms with Crippen molar-refractivity contribution in [3.63, 3.8) is 0 Å². The standard InChI is InChI=1S/C22H35NO8/c1-2-4-19(24)9-12-29-14-16-31-18-17-30-15-13-28-11-3-5-20(25)8-10-23-21(26)6-7-22(23)27/h6-7H,2-5,8-18H2,1H3. The van der Waals surface area contributed by atoms with Crippen LogP contribution >= 0.6 is 0 Å². The van der Waals surface area contributed by atoms with Crippen LogP contribution in [0, 0.1) is 0 Å². The molecule has 0 N–H and O–H groups in total. The zero-order valence-electron chi connectivity index (χ0n) is 18.5. The molecule has 31 heavy (non-hydrogen) atoms. The Kier molecular flexibility index (Phi) is 15.5. The Labute approximate surface area is 184 Å². The first-order valence-electron chi connectivity index (χ1n) is 10.9. The number of Topliss-reactive ketones (excluding diaryl/α,β-unsaturated/α-hetero) is 2. The highest BCUT2D eigenvalue weighted by molar-refractivity contribution is 6.13. The Morgan fingerprint density at radius 3 is 1.71 bits per heavy atom. The number of carbonyl (C=O) groups excluding carboxylic acids is 4. The third-order valence-electron chi connectivity index (χ3n) is 4.43. The number of imide groups is 1. The zero-order chi connectivity index (χ0) is 22.7. The minimum absolute atomic E-state index is 0.000960. The van der Waals surface area contributed by atoms with E-state index in [1.165, 1.54) is 12.2 Å². The first-order chi connectivity index (χ1) is 15.0. The summed E-state index contributed by atoms with van der Waals surface area (Å²) in [5.41, 5.74) is 0. The maximum absolute atomic E-state index is 11.8. The topological polar surface area (TPSA) is 108 Å². The second kappa shape index (κ2) is 17.7. The summed E-state index contributed by atoms with van der Waals surface area (Å²) in [6, 6.07) is 0. The molecule has 0 aliphatic carbocycles. The van der Waals surface area contributed by atoms with Gasteiger partial charge in [-0.1, -0.05) is 6.92 Å². The maximum Gasteiger partial charge on any atom is 0.253 e. The van der Waals surface area contributed by atoms with Crippen molar-refractivity contribution in [1.29, 1.82) is 0 Å². The van der Waals surface area contributed by atoms with Crippen molar-refractivity contribution in [3.8, 4) is 0 Å². The Bertz CT molecular complexity index is 572. The Balaban J connectivity index is 1.78. The first kappa shape index (κ1) is 27.1. The largest absolute Gasteiger partial charge is 0.379 e. The van der Waals surface area contributed by atoms with Crippen LogP contribution in [0.25, 0.3) is 0 Å². The fourth-order valence-corrected chi connectivity index (χ4v) is 2.74. The molecule has 0 spiro atoms. The number of nitrogens with zero attached hydrogens (tertiary/aromatic N) is 1. The van der Waals surface area contributed by atoms with Crippen LogP contribution in [-0.4, -0.2) is 87.7 Å². The molecule has 0 fully saturated rings. The zero-order valence-corrected chi connectivity index (χ0v) is 18.5. The molecule has 9 nitrogen and oxygen atoms in total. The third kappa shape index (κ3) is 13.9. The van der Waals surface area contributed by atoms with E-state index >= 15 is 0 Å². The van der Waals surface area contributed by atoms with Gasteiger partial charge in [-0.2, -0.15) is 0 Å². The van der Waals surface area contributed by atoms with Crippen LogP contribution in [-0.2, 0) is 38.1 Å². The molecule has 0 aromatic rings. The molecule has 176 valence electrons. The second-order valence-electron chi connectivity index (χ2n) is 7.04.